The maximum atomic E-state index is 13.0. The van der Waals surface area contributed by atoms with Crippen LogP contribution in [0.3, 0.4) is 0 Å². The van der Waals surface area contributed by atoms with Gasteiger partial charge in [0.05, 0.1) is 12.1 Å². The average Bonchev–Trinajstić information content (AvgIpc) is 3.28. The molecule has 1 heterocycles. The fraction of sp³-hybridized carbons (Fsp3) is 0.250. The lowest BCUT2D eigenvalue weighted by Crippen LogP contribution is -2.27. The largest absolute Gasteiger partial charge is 0.464 e. The molecule has 0 spiro atoms. The minimum absolute atomic E-state index is 0.152. The van der Waals surface area contributed by atoms with Gasteiger partial charge in [-0.2, -0.15) is 0 Å². The number of carbonyl (C=O) groups excluding carboxylic acids is 2. The number of hydrogen-bond acceptors (Lipinski definition) is 3. The zero-order chi connectivity index (χ0) is 19.7. The monoisotopic (exact) mass is 373 g/mol. The standard InChI is InChI=1S/C24H23NO3/c1-16-14-21(16)22-13-12-18(28-22)15-25(2)24(27)20-11-7-6-10-19(20)23(26)17-8-4-3-5-9-17/h3-13,16,21H,14-15H2,1-2H3/t16-,21+/m0/s1. The summed E-state index contributed by atoms with van der Waals surface area (Å²) in [5.74, 6) is 2.60. The number of furan rings is 1. The van der Waals surface area contributed by atoms with E-state index in [-0.39, 0.29) is 11.7 Å². The third kappa shape index (κ3) is 3.63. The van der Waals surface area contributed by atoms with E-state index in [1.165, 1.54) is 0 Å². The van der Waals surface area contributed by atoms with Crippen molar-refractivity contribution < 1.29 is 14.0 Å². The van der Waals surface area contributed by atoms with Gasteiger partial charge in [-0.1, -0.05) is 55.5 Å². The third-order valence-corrected chi connectivity index (χ3v) is 5.34. The molecule has 4 nitrogen and oxygen atoms in total. The van der Waals surface area contributed by atoms with Gasteiger partial charge in [0.1, 0.15) is 11.5 Å². The Bertz CT molecular complexity index is 1010. The topological polar surface area (TPSA) is 50.5 Å². The molecule has 1 aliphatic carbocycles. The Hall–Kier alpha value is -3.14. The molecule has 28 heavy (non-hydrogen) atoms. The highest BCUT2D eigenvalue weighted by Gasteiger charge is 2.36. The molecule has 1 aromatic heterocycles. The fourth-order valence-corrected chi connectivity index (χ4v) is 3.52. The van der Waals surface area contributed by atoms with Gasteiger partial charge in [-0.25, -0.2) is 0 Å². The molecule has 3 aromatic rings. The van der Waals surface area contributed by atoms with Gasteiger partial charge < -0.3 is 9.32 Å². The van der Waals surface area contributed by atoms with Crippen molar-refractivity contribution in [2.45, 2.75) is 25.8 Å². The fourth-order valence-electron chi connectivity index (χ4n) is 3.52. The summed E-state index contributed by atoms with van der Waals surface area (Å²) in [6.45, 7) is 2.58. The van der Waals surface area contributed by atoms with E-state index in [1.54, 1.807) is 48.3 Å². The molecule has 0 saturated heterocycles. The minimum Gasteiger partial charge on any atom is -0.464 e. The Labute approximate surface area is 164 Å². The van der Waals surface area contributed by atoms with Gasteiger partial charge in [-0.05, 0) is 30.5 Å². The summed E-state index contributed by atoms with van der Waals surface area (Å²) in [5, 5.41) is 0. The molecule has 1 amide bonds. The van der Waals surface area contributed by atoms with Gasteiger partial charge in [0, 0.05) is 24.1 Å². The van der Waals surface area contributed by atoms with Crippen LogP contribution in [0.5, 0.6) is 0 Å². The van der Waals surface area contributed by atoms with E-state index in [1.807, 2.05) is 30.3 Å². The molecule has 2 aromatic carbocycles. The van der Waals surface area contributed by atoms with E-state index in [4.69, 9.17) is 4.42 Å². The van der Waals surface area contributed by atoms with Crippen LogP contribution in [0.2, 0.25) is 0 Å². The molecular weight excluding hydrogens is 350 g/mol. The van der Waals surface area contributed by atoms with Crippen LogP contribution in [0.1, 0.15) is 57.1 Å². The summed E-state index contributed by atoms with van der Waals surface area (Å²) in [5.41, 5.74) is 1.39. The highest BCUT2D eigenvalue weighted by molar-refractivity contribution is 6.15. The number of carbonyl (C=O) groups is 2. The second kappa shape index (κ2) is 7.47. The summed E-state index contributed by atoms with van der Waals surface area (Å²) in [4.78, 5) is 27.5. The van der Waals surface area contributed by atoms with Crippen LogP contribution in [0.15, 0.2) is 71.1 Å². The minimum atomic E-state index is -0.197. The summed E-state index contributed by atoms with van der Waals surface area (Å²) in [6, 6.07) is 19.9. The molecule has 1 aliphatic rings. The molecule has 0 bridgehead atoms. The predicted molar refractivity (Wildman–Crippen MR) is 107 cm³/mol. The van der Waals surface area contributed by atoms with Crippen LogP contribution in [-0.4, -0.2) is 23.6 Å². The van der Waals surface area contributed by atoms with E-state index >= 15 is 0 Å². The molecule has 0 aliphatic heterocycles. The first-order chi connectivity index (χ1) is 13.5. The number of benzene rings is 2. The van der Waals surface area contributed by atoms with Crippen molar-refractivity contribution in [1.82, 2.24) is 4.90 Å². The van der Waals surface area contributed by atoms with Crippen LogP contribution >= 0.6 is 0 Å². The maximum absolute atomic E-state index is 13.0. The Morgan fingerprint density at radius 2 is 1.61 bits per heavy atom. The summed E-state index contributed by atoms with van der Waals surface area (Å²) >= 11 is 0. The Morgan fingerprint density at radius 3 is 2.29 bits per heavy atom. The van der Waals surface area contributed by atoms with Gasteiger partial charge in [-0.15, -0.1) is 0 Å². The molecule has 4 rings (SSSR count). The van der Waals surface area contributed by atoms with Gasteiger partial charge >= 0.3 is 0 Å². The summed E-state index contributed by atoms with van der Waals surface area (Å²) < 4.78 is 5.92. The summed E-state index contributed by atoms with van der Waals surface area (Å²) in [7, 11) is 1.73. The Kier molecular flexibility index (Phi) is 4.86. The van der Waals surface area contributed by atoms with E-state index in [9.17, 15) is 9.59 Å². The Balaban J connectivity index is 1.53. The van der Waals surface area contributed by atoms with Crippen molar-refractivity contribution in [1.29, 1.82) is 0 Å². The Morgan fingerprint density at radius 1 is 0.964 bits per heavy atom. The molecule has 4 heteroatoms. The van der Waals surface area contributed by atoms with Crippen molar-refractivity contribution in [3.05, 3.63) is 94.9 Å². The van der Waals surface area contributed by atoms with Crippen LogP contribution < -0.4 is 0 Å². The number of rotatable bonds is 6. The lowest BCUT2D eigenvalue weighted by molar-refractivity contribution is 0.0770. The first-order valence-electron chi connectivity index (χ1n) is 9.57. The molecule has 2 atom stereocenters. The zero-order valence-corrected chi connectivity index (χ0v) is 16.1. The van der Waals surface area contributed by atoms with Crippen molar-refractivity contribution in [3.63, 3.8) is 0 Å². The van der Waals surface area contributed by atoms with E-state index in [0.29, 0.717) is 35.1 Å². The smallest absolute Gasteiger partial charge is 0.254 e. The van der Waals surface area contributed by atoms with Crippen LogP contribution in [0.25, 0.3) is 0 Å². The SMILES string of the molecule is C[C@H]1C[C@H]1c1ccc(CN(C)C(=O)c2ccccc2C(=O)c2ccccc2)o1. The van der Waals surface area contributed by atoms with Crippen molar-refractivity contribution in [2.24, 2.45) is 5.92 Å². The second-order valence-electron chi connectivity index (χ2n) is 7.53. The normalized spacial score (nSPS) is 17.9. The highest BCUT2D eigenvalue weighted by Crippen LogP contribution is 2.47. The van der Waals surface area contributed by atoms with Gasteiger partial charge in [0.2, 0.25) is 0 Å². The number of ketones is 1. The molecule has 0 N–H and O–H groups in total. The molecule has 0 unspecified atom stereocenters. The van der Waals surface area contributed by atoms with Crippen LogP contribution in [-0.2, 0) is 6.54 Å². The molecular formula is C24H23NO3. The van der Waals surface area contributed by atoms with Crippen LogP contribution in [0, 0.1) is 5.92 Å². The van der Waals surface area contributed by atoms with Crippen molar-refractivity contribution in [3.8, 4) is 0 Å². The van der Waals surface area contributed by atoms with E-state index in [2.05, 4.69) is 6.92 Å². The lowest BCUT2D eigenvalue weighted by Gasteiger charge is -2.17. The third-order valence-electron chi connectivity index (χ3n) is 5.34. The summed E-state index contributed by atoms with van der Waals surface area (Å²) in [6.07, 6.45) is 1.16. The van der Waals surface area contributed by atoms with Crippen molar-refractivity contribution >= 4 is 11.7 Å². The zero-order valence-electron chi connectivity index (χ0n) is 16.1. The van der Waals surface area contributed by atoms with Crippen molar-refractivity contribution in [2.75, 3.05) is 7.05 Å². The average molecular weight is 373 g/mol. The van der Waals surface area contributed by atoms with Gasteiger partial charge in [0.15, 0.2) is 5.78 Å². The second-order valence-corrected chi connectivity index (χ2v) is 7.53. The number of amides is 1. The highest BCUT2D eigenvalue weighted by atomic mass is 16.3. The number of hydrogen-bond donors (Lipinski definition) is 0. The molecule has 1 fully saturated rings. The quantitative estimate of drug-likeness (QED) is 0.577. The lowest BCUT2D eigenvalue weighted by atomic mass is 9.97. The molecule has 0 radical (unpaired) electrons. The first-order valence-corrected chi connectivity index (χ1v) is 9.57. The first kappa shape index (κ1) is 18.2. The van der Waals surface area contributed by atoms with Gasteiger partial charge in [-0.3, -0.25) is 9.59 Å². The number of nitrogens with zero attached hydrogens (tertiary/aromatic N) is 1. The maximum Gasteiger partial charge on any atom is 0.254 e. The van der Waals surface area contributed by atoms with Crippen LogP contribution in [0.4, 0.5) is 0 Å². The van der Waals surface area contributed by atoms with E-state index < -0.39 is 0 Å². The van der Waals surface area contributed by atoms with Gasteiger partial charge in [0.25, 0.3) is 5.91 Å². The predicted octanol–water partition coefficient (Wildman–Crippen LogP) is 4.91. The molecule has 142 valence electrons. The molecule has 1 saturated carbocycles. The van der Waals surface area contributed by atoms with E-state index in [0.717, 1.165) is 17.9 Å².